The first-order valence-corrected chi connectivity index (χ1v) is 12.2. The van der Waals surface area contributed by atoms with Gasteiger partial charge in [-0.25, -0.2) is 0 Å². The van der Waals surface area contributed by atoms with Gasteiger partial charge in [0.1, 0.15) is 6.04 Å². The van der Waals surface area contributed by atoms with Crippen molar-refractivity contribution < 1.29 is 19.3 Å². The van der Waals surface area contributed by atoms with Crippen molar-refractivity contribution in [3.63, 3.8) is 0 Å². The minimum absolute atomic E-state index is 0.115. The topological polar surface area (TPSA) is 101 Å². The second-order valence-corrected chi connectivity index (χ2v) is 9.82. The van der Waals surface area contributed by atoms with Crippen molar-refractivity contribution in [1.82, 2.24) is 4.90 Å². The number of nitro benzene ring substituents is 1. The molecule has 0 aromatic heterocycles. The number of carbonyl (C=O) groups excluding carboxylic acids is 3. The van der Waals surface area contributed by atoms with Crippen LogP contribution in [0.2, 0.25) is 0 Å². The molecule has 4 atom stereocenters. The first-order valence-electron chi connectivity index (χ1n) is 12.2. The summed E-state index contributed by atoms with van der Waals surface area (Å²) in [6.45, 7) is 0. The van der Waals surface area contributed by atoms with Crippen LogP contribution in [0.3, 0.4) is 0 Å². The maximum Gasteiger partial charge on any atom is 0.270 e. The van der Waals surface area contributed by atoms with Crippen molar-refractivity contribution in [3.05, 3.63) is 75.8 Å². The van der Waals surface area contributed by atoms with E-state index in [9.17, 15) is 24.5 Å². The quantitative estimate of drug-likeness (QED) is 0.289. The van der Waals surface area contributed by atoms with Crippen molar-refractivity contribution in [3.8, 4) is 0 Å². The van der Waals surface area contributed by atoms with Crippen molar-refractivity contribution in [2.75, 3.05) is 4.90 Å². The van der Waals surface area contributed by atoms with Gasteiger partial charge in [-0.2, -0.15) is 0 Å². The lowest BCUT2D eigenvalue weighted by Gasteiger charge is -2.38. The Kier molecular flexibility index (Phi) is 5.05. The minimum Gasteiger partial charge on any atom is -0.352 e. The van der Waals surface area contributed by atoms with E-state index < -0.39 is 28.8 Å². The molecule has 3 fully saturated rings. The van der Waals surface area contributed by atoms with Gasteiger partial charge in [-0.3, -0.25) is 29.4 Å². The molecule has 3 heterocycles. The average molecular weight is 472 g/mol. The molecule has 3 aliphatic heterocycles. The molecular formula is C27H25N3O5. The maximum atomic E-state index is 14.0. The van der Waals surface area contributed by atoms with Crippen molar-refractivity contribution in [2.45, 2.75) is 50.2 Å². The van der Waals surface area contributed by atoms with E-state index in [-0.39, 0.29) is 34.9 Å². The van der Waals surface area contributed by atoms with Gasteiger partial charge in [-0.15, -0.1) is 0 Å². The number of amides is 2. The van der Waals surface area contributed by atoms with Crippen molar-refractivity contribution in [2.24, 2.45) is 11.8 Å². The van der Waals surface area contributed by atoms with Gasteiger partial charge in [0.25, 0.3) is 5.69 Å². The second-order valence-electron chi connectivity index (χ2n) is 9.82. The molecule has 8 heteroatoms. The van der Waals surface area contributed by atoms with Crippen LogP contribution in [0.4, 0.5) is 11.4 Å². The summed E-state index contributed by atoms with van der Waals surface area (Å²) < 4.78 is 0. The first-order chi connectivity index (χ1) is 17.0. The van der Waals surface area contributed by atoms with Crippen LogP contribution in [-0.4, -0.2) is 45.5 Å². The number of nitro groups is 1. The Morgan fingerprint density at radius 2 is 1.69 bits per heavy atom. The zero-order valence-corrected chi connectivity index (χ0v) is 19.1. The fourth-order valence-electron chi connectivity index (χ4n) is 6.48. The Bertz CT molecular complexity index is 1280. The van der Waals surface area contributed by atoms with E-state index in [1.165, 1.54) is 23.1 Å². The minimum atomic E-state index is -0.914. The molecule has 1 aliphatic carbocycles. The highest BCUT2D eigenvalue weighted by molar-refractivity contribution is 6.14. The van der Waals surface area contributed by atoms with Crippen LogP contribution in [0.25, 0.3) is 6.08 Å². The summed E-state index contributed by atoms with van der Waals surface area (Å²) >= 11 is 0. The molecule has 0 unspecified atom stereocenters. The van der Waals surface area contributed by atoms with Crippen LogP contribution in [0.1, 0.15) is 48.0 Å². The number of fused-ring (bicyclic) bond motifs is 5. The van der Waals surface area contributed by atoms with E-state index in [0.29, 0.717) is 0 Å². The summed E-state index contributed by atoms with van der Waals surface area (Å²) in [6, 6.07) is 11.8. The molecule has 8 nitrogen and oxygen atoms in total. The molecule has 2 amide bonds. The number of ketones is 1. The Hall–Kier alpha value is -3.81. The second kappa shape index (κ2) is 8.15. The van der Waals surface area contributed by atoms with Crippen LogP contribution >= 0.6 is 0 Å². The van der Waals surface area contributed by atoms with Gasteiger partial charge in [-0.05, 0) is 24.5 Å². The number of non-ortho nitro benzene ring substituents is 1. The van der Waals surface area contributed by atoms with Crippen LogP contribution in [0.5, 0.6) is 0 Å². The number of nitrogens with zero attached hydrogens (tertiary/aromatic N) is 3. The van der Waals surface area contributed by atoms with Gasteiger partial charge < -0.3 is 4.90 Å². The predicted octanol–water partition coefficient (Wildman–Crippen LogP) is 4.00. The largest absolute Gasteiger partial charge is 0.352 e. The van der Waals surface area contributed by atoms with E-state index in [4.69, 9.17) is 0 Å². The van der Waals surface area contributed by atoms with Crippen LogP contribution < -0.4 is 4.90 Å². The van der Waals surface area contributed by atoms with E-state index in [1.807, 2.05) is 41.3 Å². The third-order valence-corrected chi connectivity index (χ3v) is 8.00. The fraction of sp³-hybridized carbons (Fsp3) is 0.370. The van der Waals surface area contributed by atoms with Gasteiger partial charge in [0.05, 0.1) is 22.8 Å². The maximum absolute atomic E-state index is 14.0. The smallest absolute Gasteiger partial charge is 0.270 e. The molecule has 0 N–H and O–H groups in total. The third kappa shape index (κ3) is 3.23. The number of para-hydroxylation sites is 1. The zero-order chi connectivity index (χ0) is 24.3. The van der Waals surface area contributed by atoms with Crippen LogP contribution in [0, 0.1) is 22.0 Å². The monoisotopic (exact) mass is 471 g/mol. The Morgan fingerprint density at radius 3 is 2.46 bits per heavy atom. The van der Waals surface area contributed by atoms with E-state index in [0.717, 1.165) is 43.4 Å². The lowest BCUT2D eigenvalue weighted by molar-refractivity contribution is -0.384. The summed E-state index contributed by atoms with van der Waals surface area (Å²) in [5, 5.41) is 11.4. The molecule has 35 heavy (non-hydrogen) atoms. The SMILES string of the molecule is O=C(c1cccc([N+](=O)[O-])c1)[C@@H]1[C@@H]2C(=O)N(C3CCCCC3)C(=O)[C@@H]2[C@@H]2C=Cc3ccccc3N12. The molecule has 0 radical (unpaired) electrons. The zero-order valence-electron chi connectivity index (χ0n) is 19.1. The first kappa shape index (κ1) is 21.7. The van der Waals surface area contributed by atoms with Gasteiger partial charge >= 0.3 is 0 Å². The molecule has 0 spiro atoms. The highest BCUT2D eigenvalue weighted by Gasteiger charge is 2.64. The molecular weight excluding hydrogens is 446 g/mol. The lowest BCUT2D eigenvalue weighted by Crippen LogP contribution is -2.51. The third-order valence-electron chi connectivity index (χ3n) is 8.00. The number of carbonyl (C=O) groups is 3. The van der Waals surface area contributed by atoms with Crippen LogP contribution in [-0.2, 0) is 9.59 Å². The van der Waals surface area contributed by atoms with E-state index in [2.05, 4.69) is 0 Å². The van der Waals surface area contributed by atoms with Crippen LogP contribution in [0.15, 0.2) is 54.6 Å². The highest BCUT2D eigenvalue weighted by atomic mass is 16.6. The molecule has 178 valence electrons. The standard InChI is InChI=1S/C27H25N3O5/c31-25(17-8-6-11-19(15-17)30(34)35)24-23-22(21-14-13-16-7-4-5-12-20(16)29(21)24)26(32)28(27(23)33)18-9-2-1-3-10-18/h4-8,11-15,18,21-24H,1-3,9-10H2/t21-,22+,23+,24-/m0/s1. The van der Waals surface area contributed by atoms with Crippen molar-refractivity contribution >= 4 is 35.0 Å². The number of imide groups is 1. The molecule has 2 saturated heterocycles. The molecule has 1 saturated carbocycles. The van der Waals surface area contributed by atoms with Gasteiger partial charge in [0, 0.05) is 29.4 Å². The summed E-state index contributed by atoms with van der Waals surface area (Å²) in [4.78, 5) is 55.8. The molecule has 6 rings (SSSR count). The van der Waals surface area contributed by atoms with Gasteiger partial charge in [-0.1, -0.05) is 61.7 Å². The van der Waals surface area contributed by atoms with E-state index >= 15 is 0 Å². The van der Waals surface area contributed by atoms with Gasteiger partial charge in [0.2, 0.25) is 11.8 Å². The molecule has 2 aromatic carbocycles. The Morgan fingerprint density at radius 1 is 0.943 bits per heavy atom. The number of hydrogen-bond donors (Lipinski definition) is 0. The number of benzene rings is 2. The Labute approximate surface area is 202 Å². The highest BCUT2D eigenvalue weighted by Crippen LogP contribution is 2.50. The number of hydrogen-bond acceptors (Lipinski definition) is 6. The summed E-state index contributed by atoms with van der Waals surface area (Å²) in [5.74, 6) is -2.32. The number of likely N-dealkylation sites (tertiary alicyclic amines) is 1. The molecule has 2 aromatic rings. The fourth-order valence-corrected chi connectivity index (χ4v) is 6.48. The number of anilines is 1. The normalized spacial score (nSPS) is 27.5. The summed E-state index contributed by atoms with van der Waals surface area (Å²) in [7, 11) is 0. The summed E-state index contributed by atoms with van der Waals surface area (Å²) in [5.41, 5.74) is 1.69. The number of rotatable bonds is 4. The molecule has 4 aliphatic rings. The lowest BCUT2D eigenvalue weighted by atomic mass is 9.86. The van der Waals surface area contributed by atoms with Gasteiger partial charge in [0.15, 0.2) is 5.78 Å². The van der Waals surface area contributed by atoms with E-state index in [1.54, 1.807) is 6.07 Å². The average Bonchev–Trinajstić information content (AvgIpc) is 3.36. The Balaban J connectivity index is 1.46. The predicted molar refractivity (Wildman–Crippen MR) is 129 cm³/mol. The van der Waals surface area contributed by atoms with Crippen molar-refractivity contribution in [1.29, 1.82) is 0 Å². The summed E-state index contributed by atoms with van der Waals surface area (Å²) in [6.07, 6.45) is 8.54. The number of Topliss-reactive ketones (excluding diaryl/α,β-unsaturated/α-hetero) is 1. The molecule has 0 bridgehead atoms.